The van der Waals surface area contributed by atoms with Gasteiger partial charge in [-0.2, -0.15) is 0 Å². The fraction of sp³-hybridized carbons (Fsp3) is 0.250. The maximum Gasteiger partial charge on any atom is 0.339 e. The Balaban J connectivity index is 1.94. The van der Waals surface area contributed by atoms with Crippen LogP contribution >= 0.6 is 0 Å². The molecule has 27 heavy (non-hydrogen) atoms. The molecule has 0 spiro atoms. The molecule has 0 bridgehead atoms. The molecule has 142 valence electrons. The SMILES string of the molecule is CNC(=O)c1ccc(CN(C)CC(=O)Nc2ccccc2C(=O)OC)cc1. The molecule has 2 amide bonds. The molecule has 0 aliphatic rings. The standard InChI is InChI=1S/C20H23N3O4/c1-21-19(25)15-10-8-14(9-11-15)12-23(2)13-18(24)22-17-7-5-4-6-16(17)20(26)27-3/h4-11H,12-13H2,1-3H3,(H,21,25)(H,22,24). The third-order valence-corrected chi connectivity index (χ3v) is 3.92. The molecular weight excluding hydrogens is 346 g/mol. The van der Waals surface area contributed by atoms with Crippen LogP contribution in [0.1, 0.15) is 26.3 Å². The van der Waals surface area contributed by atoms with Gasteiger partial charge in [0.15, 0.2) is 0 Å². The normalized spacial score (nSPS) is 10.4. The number of hydrogen-bond acceptors (Lipinski definition) is 5. The molecule has 0 saturated carbocycles. The van der Waals surface area contributed by atoms with E-state index in [1.54, 1.807) is 43.4 Å². The van der Waals surface area contributed by atoms with Gasteiger partial charge < -0.3 is 15.4 Å². The molecule has 0 saturated heterocycles. The Morgan fingerprint density at radius 3 is 2.33 bits per heavy atom. The predicted molar refractivity (Wildman–Crippen MR) is 103 cm³/mol. The Morgan fingerprint density at radius 1 is 1.04 bits per heavy atom. The summed E-state index contributed by atoms with van der Waals surface area (Å²) in [6, 6.07) is 13.9. The van der Waals surface area contributed by atoms with Crippen molar-refractivity contribution in [3.8, 4) is 0 Å². The summed E-state index contributed by atoms with van der Waals surface area (Å²) in [7, 11) is 4.70. The van der Waals surface area contributed by atoms with Crippen molar-refractivity contribution in [1.82, 2.24) is 10.2 Å². The van der Waals surface area contributed by atoms with Crippen LogP contribution in [0.25, 0.3) is 0 Å². The molecule has 7 heteroatoms. The highest BCUT2D eigenvalue weighted by atomic mass is 16.5. The lowest BCUT2D eigenvalue weighted by atomic mass is 10.1. The van der Waals surface area contributed by atoms with Crippen molar-refractivity contribution >= 4 is 23.5 Å². The number of amides is 2. The number of rotatable bonds is 7. The monoisotopic (exact) mass is 369 g/mol. The Labute approximate surface area is 158 Å². The molecule has 0 aliphatic heterocycles. The van der Waals surface area contributed by atoms with Gasteiger partial charge in [-0.1, -0.05) is 24.3 Å². The molecule has 0 unspecified atom stereocenters. The van der Waals surface area contributed by atoms with Crippen molar-refractivity contribution in [3.05, 3.63) is 65.2 Å². The Hall–Kier alpha value is -3.19. The first kappa shape index (κ1) is 20.1. The van der Waals surface area contributed by atoms with Gasteiger partial charge in [-0.3, -0.25) is 14.5 Å². The van der Waals surface area contributed by atoms with Crippen LogP contribution in [0.15, 0.2) is 48.5 Å². The summed E-state index contributed by atoms with van der Waals surface area (Å²) in [6.07, 6.45) is 0. The second-order valence-electron chi connectivity index (χ2n) is 6.03. The van der Waals surface area contributed by atoms with E-state index in [9.17, 15) is 14.4 Å². The first-order valence-corrected chi connectivity index (χ1v) is 8.41. The molecule has 2 aromatic carbocycles. The molecule has 2 N–H and O–H groups in total. The second-order valence-corrected chi connectivity index (χ2v) is 6.03. The van der Waals surface area contributed by atoms with E-state index in [4.69, 9.17) is 4.74 Å². The average molecular weight is 369 g/mol. The minimum atomic E-state index is -0.504. The first-order chi connectivity index (χ1) is 12.9. The molecule has 0 radical (unpaired) electrons. The number of benzene rings is 2. The predicted octanol–water partition coefficient (Wildman–Crippen LogP) is 1.90. The topological polar surface area (TPSA) is 87.7 Å². The average Bonchev–Trinajstić information content (AvgIpc) is 2.67. The van der Waals surface area contributed by atoms with Gasteiger partial charge in [0, 0.05) is 19.2 Å². The number of likely N-dealkylation sites (N-methyl/N-ethyl adjacent to an activating group) is 1. The molecule has 2 aromatic rings. The molecule has 0 aromatic heterocycles. The molecule has 0 atom stereocenters. The van der Waals surface area contributed by atoms with Gasteiger partial charge in [-0.05, 0) is 36.9 Å². The van der Waals surface area contributed by atoms with Crippen LogP contribution in [-0.2, 0) is 16.1 Å². The van der Waals surface area contributed by atoms with E-state index in [2.05, 4.69) is 10.6 Å². The lowest BCUT2D eigenvalue weighted by molar-refractivity contribution is -0.117. The number of para-hydroxylation sites is 1. The van der Waals surface area contributed by atoms with Crippen LogP contribution < -0.4 is 10.6 Å². The summed E-state index contributed by atoms with van der Waals surface area (Å²) in [6.45, 7) is 0.687. The van der Waals surface area contributed by atoms with Crippen LogP contribution in [0.4, 0.5) is 5.69 Å². The van der Waals surface area contributed by atoms with Crippen molar-refractivity contribution in [3.63, 3.8) is 0 Å². The Kier molecular flexibility index (Phi) is 7.08. The minimum absolute atomic E-state index is 0.140. The van der Waals surface area contributed by atoms with Crippen molar-refractivity contribution in [2.24, 2.45) is 0 Å². The maximum atomic E-state index is 12.3. The zero-order valence-electron chi connectivity index (χ0n) is 15.6. The number of hydrogen-bond donors (Lipinski definition) is 2. The number of esters is 1. The second kappa shape index (κ2) is 9.49. The first-order valence-electron chi connectivity index (χ1n) is 8.41. The maximum absolute atomic E-state index is 12.3. The van der Waals surface area contributed by atoms with E-state index in [-0.39, 0.29) is 18.4 Å². The minimum Gasteiger partial charge on any atom is -0.465 e. The molecule has 7 nitrogen and oxygen atoms in total. The molecule has 0 aliphatic carbocycles. The zero-order chi connectivity index (χ0) is 19.8. The van der Waals surface area contributed by atoms with Gasteiger partial charge >= 0.3 is 5.97 Å². The number of anilines is 1. The van der Waals surface area contributed by atoms with Gasteiger partial charge in [-0.15, -0.1) is 0 Å². The third kappa shape index (κ3) is 5.65. The molecular formula is C20H23N3O4. The lowest BCUT2D eigenvalue weighted by Gasteiger charge is -2.17. The zero-order valence-corrected chi connectivity index (χ0v) is 15.6. The van der Waals surface area contributed by atoms with Crippen LogP contribution in [0, 0.1) is 0 Å². The van der Waals surface area contributed by atoms with Crippen molar-refractivity contribution < 1.29 is 19.1 Å². The van der Waals surface area contributed by atoms with Gasteiger partial charge in [-0.25, -0.2) is 4.79 Å². The Bertz CT molecular complexity index is 818. The van der Waals surface area contributed by atoms with Crippen molar-refractivity contribution in [2.75, 3.05) is 33.1 Å². The fourth-order valence-corrected chi connectivity index (χ4v) is 2.59. The summed E-state index contributed by atoms with van der Waals surface area (Å²) in [5.74, 6) is -0.884. The van der Waals surface area contributed by atoms with E-state index < -0.39 is 5.97 Å². The summed E-state index contributed by atoms with van der Waals surface area (Å²) in [4.78, 5) is 37.5. The van der Waals surface area contributed by atoms with E-state index in [0.29, 0.717) is 23.4 Å². The van der Waals surface area contributed by atoms with Crippen molar-refractivity contribution in [1.29, 1.82) is 0 Å². The lowest BCUT2D eigenvalue weighted by Crippen LogP contribution is -2.30. The van der Waals surface area contributed by atoms with Crippen LogP contribution in [-0.4, -0.2) is 50.4 Å². The third-order valence-electron chi connectivity index (χ3n) is 3.92. The van der Waals surface area contributed by atoms with E-state index in [0.717, 1.165) is 5.56 Å². The number of methoxy groups -OCH3 is 1. The van der Waals surface area contributed by atoms with Crippen molar-refractivity contribution in [2.45, 2.75) is 6.54 Å². The quantitative estimate of drug-likeness (QED) is 0.728. The van der Waals surface area contributed by atoms with Crippen LogP contribution in [0.5, 0.6) is 0 Å². The summed E-state index contributed by atoms with van der Waals surface area (Å²) < 4.78 is 4.72. The highest BCUT2D eigenvalue weighted by Crippen LogP contribution is 2.16. The van der Waals surface area contributed by atoms with E-state index in [1.165, 1.54) is 7.11 Å². The largest absolute Gasteiger partial charge is 0.465 e. The molecule has 0 fully saturated rings. The number of ether oxygens (including phenoxy) is 1. The van der Waals surface area contributed by atoms with Crippen LogP contribution in [0.3, 0.4) is 0 Å². The van der Waals surface area contributed by atoms with E-state index in [1.807, 2.05) is 24.1 Å². The van der Waals surface area contributed by atoms with Crippen LogP contribution in [0.2, 0.25) is 0 Å². The molecule has 2 rings (SSSR count). The van der Waals surface area contributed by atoms with Gasteiger partial charge in [0.25, 0.3) is 5.91 Å². The highest BCUT2D eigenvalue weighted by Gasteiger charge is 2.14. The smallest absolute Gasteiger partial charge is 0.339 e. The van der Waals surface area contributed by atoms with Gasteiger partial charge in [0.2, 0.25) is 5.91 Å². The van der Waals surface area contributed by atoms with Gasteiger partial charge in [0.1, 0.15) is 0 Å². The number of carbonyl (C=O) groups is 3. The summed E-state index contributed by atoms with van der Waals surface area (Å²) in [5, 5.41) is 5.31. The fourth-order valence-electron chi connectivity index (χ4n) is 2.59. The highest BCUT2D eigenvalue weighted by molar-refractivity contribution is 6.01. The number of nitrogens with zero attached hydrogens (tertiary/aromatic N) is 1. The molecule has 0 heterocycles. The Morgan fingerprint density at radius 2 is 1.70 bits per heavy atom. The summed E-state index contributed by atoms with van der Waals surface area (Å²) >= 11 is 0. The van der Waals surface area contributed by atoms with Gasteiger partial charge in [0.05, 0.1) is 24.9 Å². The number of carbonyl (C=O) groups excluding carboxylic acids is 3. The van der Waals surface area contributed by atoms with E-state index >= 15 is 0 Å². The summed E-state index contributed by atoms with van der Waals surface area (Å²) in [5.41, 5.74) is 2.28. The number of nitrogens with one attached hydrogen (secondary N) is 2.